The van der Waals surface area contributed by atoms with Crippen molar-refractivity contribution in [1.82, 2.24) is 19.1 Å². The van der Waals surface area contributed by atoms with Crippen molar-refractivity contribution >= 4 is 43.7 Å². The van der Waals surface area contributed by atoms with Gasteiger partial charge in [-0.1, -0.05) is 164 Å². The Hall–Kier alpha value is -8.34. The third-order valence-electron chi connectivity index (χ3n) is 12.1. The van der Waals surface area contributed by atoms with E-state index >= 15 is 0 Å². The quantitative estimate of drug-likeness (QED) is 0.161. The summed E-state index contributed by atoms with van der Waals surface area (Å²) in [5, 5.41) is 3.55. The van der Waals surface area contributed by atoms with Crippen molar-refractivity contribution in [2.75, 3.05) is 0 Å². The van der Waals surface area contributed by atoms with Gasteiger partial charge in [0.25, 0.3) is 0 Å². The average Bonchev–Trinajstić information content (AvgIpc) is 3.87. The van der Waals surface area contributed by atoms with Crippen LogP contribution in [0.4, 0.5) is 0 Å². The molecular weight excluding hydrogens is 753 g/mol. The maximum absolute atomic E-state index is 5.39. The lowest BCUT2D eigenvalue weighted by molar-refractivity contribution is 1.15. The number of rotatable bonds is 7. The Morgan fingerprint density at radius 2 is 0.710 bits per heavy atom. The zero-order chi connectivity index (χ0) is 41.0. The fourth-order valence-corrected chi connectivity index (χ4v) is 9.20. The molecule has 0 atom stereocenters. The molecule has 12 rings (SSSR count). The second-order valence-corrected chi connectivity index (χ2v) is 15.8. The first-order valence-electron chi connectivity index (χ1n) is 21.1. The van der Waals surface area contributed by atoms with Crippen LogP contribution in [0.5, 0.6) is 0 Å². The third kappa shape index (κ3) is 6.00. The molecule has 0 amide bonds. The van der Waals surface area contributed by atoms with E-state index in [1.54, 1.807) is 0 Å². The van der Waals surface area contributed by atoms with Gasteiger partial charge < -0.3 is 9.13 Å². The lowest BCUT2D eigenvalue weighted by Crippen LogP contribution is -1.99. The van der Waals surface area contributed by atoms with Crippen LogP contribution in [0.3, 0.4) is 0 Å². The third-order valence-corrected chi connectivity index (χ3v) is 12.1. The molecule has 4 nitrogen and oxygen atoms in total. The highest BCUT2D eigenvalue weighted by atomic mass is 15.0. The number of para-hydroxylation sites is 3. The van der Waals surface area contributed by atoms with Gasteiger partial charge in [0, 0.05) is 38.7 Å². The SMILES string of the molecule is c1ccc(-c2ccc3c(c2)c2cc(-c4cccc(-c5cccc(-c6nc(-c7ccccc7)nc7c8ccccc8n(-c8ccccc8)c67)c5)c4)ccc2n3-c2ccccc2)cc1. The molecule has 0 spiro atoms. The van der Waals surface area contributed by atoms with Crippen molar-refractivity contribution < 1.29 is 0 Å². The molecule has 0 saturated carbocycles. The molecule has 3 heterocycles. The second kappa shape index (κ2) is 14.7. The van der Waals surface area contributed by atoms with Gasteiger partial charge in [-0.05, 0) is 100 Å². The number of hydrogen-bond acceptors (Lipinski definition) is 2. The van der Waals surface area contributed by atoms with E-state index in [0.29, 0.717) is 5.82 Å². The van der Waals surface area contributed by atoms with Crippen molar-refractivity contribution in [3.63, 3.8) is 0 Å². The number of fused-ring (bicyclic) bond motifs is 6. The highest BCUT2D eigenvalue weighted by Gasteiger charge is 2.22. The highest BCUT2D eigenvalue weighted by Crippen LogP contribution is 2.41. The summed E-state index contributed by atoms with van der Waals surface area (Å²) in [5.41, 5.74) is 17.5. The average molecular weight is 791 g/mol. The van der Waals surface area contributed by atoms with Crippen LogP contribution in [-0.2, 0) is 0 Å². The molecule has 12 aromatic rings. The van der Waals surface area contributed by atoms with Crippen LogP contribution in [-0.4, -0.2) is 19.1 Å². The monoisotopic (exact) mass is 790 g/mol. The molecule has 0 unspecified atom stereocenters. The van der Waals surface area contributed by atoms with Crippen molar-refractivity contribution in [3.8, 4) is 67.4 Å². The summed E-state index contributed by atoms with van der Waals surface area (Å²) >= 11 is 0. The molecule has 0 fully saturated rings. The summed E-state index contributed by atoms with van der Waals surface area (Å²) in [4.78, 5) is 10.7. The van der Waals surface area contributed by atoms with Crippen molar-refractivity contribution in [2.45, 2.75) is 0 Å². The van der Waals surface area contributed by atoms with E-state index in [1.165, 1.54) is 38.5 Å². The Labute approximate surface area is 359 Å². The predicted octanol–water partition coefficient (Wildman–Crippen LogP) is 15.0. The molecule has 290 valence electrons. The maximum Gasteiger partial charge on any atom is 0.160 e. The van der Waals surface area contributed by atoms with E-state index in [2.05, 4.69) is 221 Å². The topological polar surface area (TPSA) is 35.6 Å². The van der Waals surface area contributed by atoms with Gasteiger partial charge in [-0.15, -0.1) is 0 Å². The molecule has 62 heavy (non-hydrogen) atoms. The minimum absolute atomic E-state index is 0.705. The Kier molecular flexibility index (Phi) is 8.46. The van der Waals surface area contributed by atoms with Gasteiger partial charge >= 0.3 is 0 Å². The van der Waals surface area contributed by atoms with Crippen molar-refractivity contribution in [1.29, 1.82) is 0 Å². The van der Waals surface area contributed by atoms with Crippen LogP contribution in [0.1, 0.15) is 0 Å². The second-order valence-electron chi connectivity index (χ2n) is 15.8. The summed E-state index contributed by atoms with van der Waals surface area (Å²) in [6.45, 7) is 0. The molecule has 4 heteroatoms. The lowest BCUT2D eigenvalue weighted by Gasteiger charge is -2.13. The van der Waals surface area contributed by atoms with Crippen LogP contribution >= 0.6 is 0 Å². The molecular formula is C58H38N4. The number of hydrogen-bond donors (Lipinski definition) is 0. The summed E-state index contributed by atoms with van der Waals surface area (Å²) in [7, 11) is 0. The lowest BCUT2D eigenvalue weighted by atomic mass is 9.96. The van der Waals surface area contributed by atoms with E-state index in [0.717, 1.165) is 66.8 Å². The fraction of sp³-hybridized carbons (Fsp3) is 0. The van der Waals surface area contributed by atoms with E-state index < -0.39 is 0 Å². The Morgan fingerprint density at radius 1 is 0.274 bits per heavy atom. The van der Waals surface area contributed by atoms with Gasteiger partial charge in [0.1, 0.15) is 5.52 Å². The molecule has 0 bridgehead atoms. The van der Waals surface area contributed by atoms with Gasteiger partial charge in [0.2, 0.25) is 0 Å². The first kappa shape index (κ1) is 35.6. The normalized spacial score (nSPS) is 11.5. The van der Waals surface area contributed by atoms with Crippen molar-refractivity contribution in [3.05, 3.63) is 231 Å². The Bertz CT molecular complexity index is 3610. The largest absolute Gasteiger partial charge is 0.309 e. The Balaban J connectivity index is 1.01. The van der Waals surface area contributed by atoms with E-state index in [1.807, 2.05) is 18.2 Å². The minimum atomic E-state index is 0.705. The number of benzene rings is 9. The number of nitrogens with zero attached hydrogens (tertiary/aromatic N) is 4. The van der Waals surface area contributed by atoms with Gasteiger partial charge in [0.05, 0.1) is 27.8 Å². The molecule has 0 saturated heterocycles. The summed E-state index contributed by atoms with van der Waals surface area (Å²) in [6, 6.07) is 82.2. The van der Waals surface area contributed by atoms with Crippen LogP contribution in [0.2, 0.25) is 0 Å². The standard InChI is InChI=1S/C58H38N4/c1-5-17-39(18-6-1)44-31-33-53-50(37-44)51-38-45(32-34-54(51)61(53)47-25-9-3-10-26-47)42-22-15-21-41(35-42)43-23-16-24-46(36-43)55-57-56(60-58(59-55)40-19-7-2-8-20-40)49-29-13-14-30-52(49)62(57)48-27-11-4-12-28-48/h1-38H. The van der Waals surface area contributed by atoms with Gasteiger partial charge in [-0.25, -0.2) is 9.97 Å². The predicted molar refractivity (Wildman–Crippen MR) is 258 cm³/mol. The molecule has 3 aromatic heterocycles. The first-order valence-corrected chi connectivity index (χ1v) is 21.1. The zero-order valence-electron chi connectivity index (χ0n) is 33.7. The fourth-order valence-electron chi connectivity index (χ4n) is 9.20. The maximum atomic E-state index is 5.39. The van der Waals surface area contributed by atoms with E-state index in [-0.39, 0.29) is 0 Å². The first-order chi connectivity index (χ1) is 30.7. The smallest absolute Gasteiger partial charge is 0.160 e. The number of aromatic nitrogens is 4. The molecule has 0 N–H and O–H groups in total. The summed E-state index contributed by atoms with van der Waals surface area (Å²) < 4.78 is 4.70. The molecule has 9 aromatic carbocycles. The van der Waals surface area contributed by atoms with Gasteiger partial charge in [-0.2, -0.15) is 0 Å². The molecule has 0 radical (unpaired) electrons. The van der Waals surface area contributed by atoms with Crippen LogP contribution in [0.25, 0.3) is 111 Å². The minimum Gasteiger partial charge on any atom is -0.309 e. The highest BCUT2D eigenvalue weighted by molar-refractivity contribution is 6.13. The van der Waals surface area contributed by atoms with Crippen LogP contribution in [0.15, 0.2) is 231 Å². The zero-order valence-corrected chi connectivity index (χ0v) is 33.7. The molecule has 0 aliphatic rings. The summed E-state index contributed by atoms with van der Waals surface area (Å²) in [5.74, 6) is 0.705. The van der Waals surface area contributed by atoms with Gasteiger partial charge in [0.15, 0.2) is 5.82 Å². The molecule has 0 aliphatic heterocycles. The van der Waals surface area contributed by atoms with Crippen LogP contribution in [0, 0.1) is 0 Å². The van der Waals surface area contributed by atoms with Crippen molar-refractivity contribution in [2.24, 2.45) is 0 Å². The van der Waals surface area contributed by atoms with Crippen LogP contribution < -0.4 is 0 Å². The molecule has 0 aliphatic carbocycles. The van der Waals surface area contributed by atoms with E-state index in [9.17, 15) is 0 Å². The Morgan fingerprint density at radius 3 is 1.32 bits per heavy atom. The van der Waals surface area contributed by atoms with E-state index in [4.69, 9.17) is 9.97 Å². The summed E-state index contributed by atoms with van der Waals surface area (Å²) in [6.07, 6.45) is 0. The van der Waals surface area contributed by atoms with Gasteiger partial charge in [-0.3, -0.25) is 0 Å².